The maximum Gasteiger partial charge on any atom is 0.228 e. The lowest BCUT2D eigenvalue weighted by molar-refractivity contribution is -0.131. The number of nitrogens with zero attached hydrogens (tertiary/aromatic N) is 2. The van der Waals surface area contributed by atoms with Crippen molar-refractivity contribution in [1.82, 2.24) is 15.2 Å². The van der Waals surface area contributed by atoms with Gasteiger partial charge in [-0.2, -0.15) is 0 Å². The molecule has 164 valence electrons. The molecule has 1 amide bonds. The van der Waals surface area contributed by atoms with Gasteiger partial charge in [-0.25, -0.2) is 0 Å². The van der Waals surface area contributed by atoms with E-state index < -0.39 is 5.41 Å². The first-order chi connectivity index (χ1) is 15.0. The second-order valence-corrected chi connectivity index (χ2v) is 9.19. The van der Waals surface area contributed by atoms with E-state index in [1.54, 1.807) is 6.20 Å². The molecular weight excluding hydrogens is 386 g/mol. The molecule has 1 fully saturated rings. The Morgan fingerprint density at radius 1 is 1.26 bits per heavy atom. The summed E-state index contributed by atoms with van der Waals surface area (Å²) in [7, 11) is 0. The van der Waals surface area contributed by atoms with Crippen LogP contribution >= 0.6 is 0 Å². The maximum absolute atomic E-state index is 13.4. The van der Waals surface area contributed by atoms with Gasteiger partial charge in [-0.3, -0.25) is 14.7 Å². The molecule has 5 heteroatoms. The van der Waals surface area contributed by atoms with Gasteiger partial charge in [0.05, 0.1) is 18.6 Å². The van der Waals surface area contributed by atoms with Gasteiger partial charge in [-0.15, -0.1) is 0 Å². The number of aromatic nitrogens is 1. The molecule has 2 aliphatic rings. The Balaban J connectivity index is 1.55. The van der Waals surface area contributed by atoms with E-state index in [4.69, 9.17) is 4.74 Å². The van der Waals surface area contributed by atoms with Crippen molar-refractivity contribution in [2.24, 2.45) is 5.41 Å². The second-order valence-electron chi connectivity index (χ2n) is 9.19. The summed E-state index contributed by atoms with van der Waals surface area (Å²) in [5.41, 5.74) is 4.37. The van der Waals surface area contributed by atoms with E-state index in [9.17, 15) is 4.79 Å². The van der Waals surface area contributed by atoms with Crippen molar-refractivity contribution in [2.45, 2.75) is 39.2 Å². The Morgan fingerprint density at radius 3 is 2.87 bits per heavy atom. The van der Waals surface area contributed by atoms with Gasteiger partial charge in [0.1, 0.15) is 0 Å². The summed E-state index contributed by atoms with van der Waals surface area (Å²) in [6.45, 7) is 8.21. The molecule has 1 N–H and O–H groups in total. The lowest BCUT2D eigenvalue weighted by Crippen LogP contribution is -2.47. The fourth-order valence-electron chi connectivity index (χ4n) is 4.71. The van der Waals surface area contributed by atoms with Crippen LogP contribution in [0, 0.1) is 5.41 Å². The summed E-state index contributed by atoms with van der Waals surface area (Å²) in [5, 5.41) is 3.20. The number of carbonyl (C=O) groups is 1. The highest BCUT2D eigenvalue weighted by Crippen LogP contribution is 2.36. The Labute approximate surface area is 185 Å². The number of amides is 1. The summed E-state index contributed by atoms with van der Waals surface area (Å²) in [5.74, 6) is 0.172. The number of rotatable bonds is 7. The largest absolute Gasteiger partial charge is 0.377 e. The molecule has 1 saturated heterocycles. The summed E-state index contributed by atoms with van der Waals surface area (Å²) in [6.07, 6.45) is 8.58. The van der Waals surface area contributed by atoms with Gasteiger partial charge < -0.3 is 10.1 Å². The van der Waals surface area contributed by atoms with Crippen molar-refractivity contribution < 1.29 is 9.53 Å². The van der Waals surface area contributed by atoms with E-state index in [0.29, 0.717) is 0 Å². The highest BCUT2D eigenvalue weighted by atomic mass is 16.5. The molecule has 0 radical (unpaired) electrons. The van der Waals surface area contributed by atoms with E-state index >= 15 is 0 Å². The number of likely N-dealkylation sites (tertiary alicyclic amines) is 1. The standard InChI is InChI=1S/C26H33N3O2/c1-20(2)28-25(30)26(10-12-29(19-26)17-22-7-5-13-31-18-22)15-21-6-3-8-23(14-21)24-9-4-11-27-16-24/h3-4,6-9,11,14,16,20H,5,10,12-13,15,17-19H2,1-2H3,(H,28,30)/t26-/m1/s1. The van der Waals surface area contributed by atoms with Crippen LogP contribution in [0.4, 0.5) is 0 Å². The van der Waals surface area contributed by atoms with Crippen molar-refractivity contribution in [1.29, 1.82) is 0 Å². The summed E-state index contributed by atoms with van der Waals surface area (Å²) in [6, 6.07) is 12.7. The van der Waals surface area contributed by atoms with Gasteiger partial charge >= 0.3 is 0 Å². The van der Waals surface area contributed by atoms with Crippen LogP contribution in [0.3, 0.4) is 0 Å². The first-order valence-electron chi connectivity index (χ1n) is 11.3. The summed E-state index contributed by atoms with van der Waals surface area (Å²) >= 11 is 0. The molecule has 5 nitrogen and oxygen atoms in total. The molecule has 2 aromatic rings. The molecule has 1 aromatic heterocycles. The number of pyridine rings is 1. The maximum atomic E-state index is 13.4. The Morgan fingerprint density at radius 2 is 2.13 bits per heavy atom. The molecule has 0 saturated carbocycles. The predicted molar refractivity (Wildman–Crippen MR) is 124 cm³/mol. The minimum absolute atomic E-state index is 0.134. The zero-order valence-electron chi connectivity index (χ0n) is 18.6. The van der Waals surface area contributed by atoms with Gasteiger partial charge in [-0.05, 0) is 68.0 Å². The summed E-state index contributed by atoms with van der Waals surface area (Å²) in [4.78, 5) is 20.1. The highest BCUT2D eigenvalue weighted by Gasteiger charge is 2.44. The minimum Gasteiger partial charge on any atom is -0.377 e. The van der Waals surface area contributed by atoms with Gasteiger partial charge in [0.15, 0.2) is 0 Å². The molecular formula is C26H33N3O2. The number of ether oxygens (including phenoxy) is 1. The van der Waals surface area contributed by atoms with E-state index in [-0.39, 0.29) is 11.9 Å². The molecule has 2 aliphatic heterocycles. The number of hydrogen-bond donors (Lipinski definition) is 1. The van der Waals surface area contributed by atoms with Crippen LogP contribution < -0.4 is 5.32 Å². The van der Waals surface area contributed by atoms with Gasteiger partial charge in [0.25, 0.3) is 0 Å². The SMILES string of the molecule is CC(C)NC(=O)[C@@]1(Cc2cccc(-c3cccnc3)c2)CCN(CC2=CCCOC2)C1. The Bertz CT molecular complexity index is 925. The fourth-order valence-corrected chi connectivity index (χ4v) is 4.71. The smallest absolute Gasteiger partial charge is 0.228 e. The monoisotopic (exact) mass is 419 g/mol. The van der Waals surface area contributed by atoms with E-state index in [1.165, 1.54) is 11.1 Å². The number of hydrogen-bond acceptors (Lipinski definition) is 4. The van der Waals surface area contributed by atoms with Crippen LogP contribution in [0.25, 0.3) is 11.1 Å². The molecule has 0 aliphatic carbocycles. The first kappa shape index (κ1) is 21.7. The predicted octanol–water partition coefficient (Wildman–Crippen LogP) is 3.85. The van der Waals surface area contributed by atoms with Crippen molar-refractivity contribution in [3.05, 3.63) is 66.0 Å². The molecule has 31 heavy (non-hydrogen) atoms. The highest BCUT2D eigenvalue weighted by molar-refractivity contribution is 5.84. The topological polar surface area (TPSA) is 54.5 Å². The van der Waals surface area contributed by atoms with Gasteiger partial charge in [0, 0.05) is 31.5 Å². The van der Waals surface area contributed by atoms with Crippen LogP contribution in [0.1, 0.15) is 32.3 Å². The van der Waals surface area contributed by atoms with Crippen molar-refractivity contribution in [2.75, 3.05) is 32.8 Å². The normalized spacial score (nSPS) is 21.8. The minimum atomic E-state index is -0.409. The fraction of sp³-hybridized carbons (Fsp3) is 0.462. The Kier molecular flexibility index (Phi) is 6.83. The van der Waals surface area contributed by atoms with Crippen molar-refractivity contribution in [3.8, 4) is 11.1 Å². The number of carbonyl (C=O) groups excluding carboxylic acids is 1. The van der Waals surface area contributed by atoms with E-state index in [1.807, 2.05) is 26.1 Å². The molecule has 1 atom stereocenters. The van der Waals surface area contributed by atoms with Crippen LogP contribution in [-0.2, 0) is 16.0 Å². The lowest BCUT2D eigenvalue weighted by atomic mass is 9.79. The lowest BCUT2D eigenvalue weighted by Gasteiger charge is -2.30. The second kappa shape index (κ2) is 9.75. The average molecular weight is 420 g/mol. The van der Waals surface area contributed by atoms with Crippen LogP contribution in [-0.4, -0.2) is 54.7 Å². The molecule has 0 bridgehead atoms. The third kappa shape index (κ3) is 5.41. The molecule has 1 aromatic carbocycles. The average Bonchev–Trinajstić information content (AvgIpc) is 3.18. The van der Waals surface area contributed by atoms with Crippen LogP contribution in [0.15, 0.2) is 60.4 Å². The molecule has 0 unspecified atom stereocenters. The van der Waals surface area contributed by atoms with Crippen LogP contribution in [0.2, 0.25) is 0 Å². The van der Waals surface area contributed by atoms with Gasteiger partial charge in [-0.1, -0.05) is 36.4 Å². The number of benzene rings is 1. The van der Waals surface area contributed by atoms with Crippen LogP contribution in [0.5, 0.6) is 0 Å². The van der Waals surface area contributed by atoms with Gasteiger partial charge in [0.2, 0.25) is 5.91 Å². The Hall–Kier alpha value is -2.50. The van der Waals surface area contributed by atoms with Crippen molar-refractivity contribution >= 4 is 5.91 Å². The third-order valence-corrected chi connectivity index (χ3v) is 6.21. The third-order valence-electron chi connectivity index (χ3n) is 6.21. The first-order valence-corrected chi connectivity index (χ1v) is 11.3. The molecule has 3 heterocycles. The molecule has 4 rings (SSSR count). The van der Waals surface area contributed by atoms with E-state index in [0.717, 1.165) is 63.2 Å². The van der Waals surface area contributed by atoms with E-state index in [2.05, 4.69) is 51.6 Å². The zero-order chi connectivity index (χ0) is 21.7. The molecule has 0 spiro atoms. The van der Waals surface area contributed by atoms with Crippen molar-refractivity contribution in [3.63, 3.8) is 0 Å². The quantitative estimate of drug-likeness (QED) is 0.693. The zero-order valence-corrected chi connectivity index (χ0v) is 18.6. The number of nitrogens with one attached hydrogen (secondary N) is 1. The summed E-state index contributed by atoms with van der Waals surface area (Å²) < 4.78 is 5.62.